The third kappa shape index (κ3) is 1.44. The van der Waals surface area contributed by atoms with E-state index in [2.05, 4.69) is 6.08 Å². The lowest BCUT2D eigenvalue weighted by Crippen LogP contribution is -2.01. The molecule has 0 saturated carbocycles. The molecule has 0 amide bonds. The van der Waals surface area contributed by atoms with Gasteiger partial charge in [-0.05, 0) is 25.0 Å². The minimum absolute atomic E-state index is 0.182. The van der Waals surface area contributed by atoms with Gasteiger partial charge >= 0.3 is 0 Å². The van der Waals surface area contributed by atoms with Crippen LogP contribution in [0.2, 0.25) is 0 Å². The van der Waals surface area contributed by atoms with Crippen molar-refractivity contribution in [3.05, 3.63) is 41.7 Å². The minimum atomic E-state index is -0.184. The molecular formula is C11H12FN. The van der Waals surface area contributed by atoms with E-state index < -0.39 is 0 Å². The van der Waals surface area contributed by atoms with Gasteiger partial charge < -0.3 is 5.73 Å². The third-order valence-electron chi connectivity index (χ3n) is 2.47. The van der Waals surface area contributed by atoms with Crippen LogP contribution < -0.4 is 5.73 Å². The van der Waals surface area contributed by atoms with E-state index in [1.54, 1.807) is 12.1 Å². The van der Waals surface area contributed by atoms with Crippen molar-refractivity contribution in [1.29, 1.82) is 0 Å². The summed E-state index contributed by atoms with van der Waals surface area (Å²) in [7, 11) is 0. The second-order valence-electron chi connectivity index (χ2n) is 3.35. The summed E-state index contributed by atoms with van der Waals surface area (Å²) in [6, 6.07) is 4.87. The quantitative estimate of drug-likeness (QED) is 0.518. The molecule has 1 nitrogen and oxygen atoms in total. The Morgan fingerprint density at radius 2 is 2.23 bits per heavy atom. The zero-order chi connectivity index (χ0) is 9.26. The smallest absolute Gasteiger partial charge is 0.129 e. The first-order valence-electron chi connectivity index (χ1n) is 4.49. The van der Waals surface area contributed by atoms with Crippen LogP contribution in [0.3, 0.4) is 0 Å². The van der Waals surface area contributed by atoms with E-state index in [9.17, 15) is 4.39 Å². The molecule has 0 aromatic heterocycles. The van der Waals surface area contributed by atoms with Crippen LogP contribution in [0.25, 0.3) is 0 Å². The fraction of sp³-hybridized carbons (Fsp3) is 0.273. The van der Waals surface area contributed by atoms with Gasteiger partial charge in [0, 0.05) is 17.2 Å². The molecule has 1 atom stereocenters. The molecule has 1 aromatic carbocycles. The summed E-state index contributed by atoms with van der Waals surface area (Å²) in [4.78, 5) is 0. The van der Waals surface area contributed by atoms with Gasteiger partial charge in [-0.15, -0.1) is 0 Å². The molecule has 68 valence electrons. The molecule has 0 radical (unpaired) electrons. The number of anilines is 1. The van der Waals surface area contributed by atoms with Gasteiger partial charge in [-0.2, -0.15) is 0 Å². The Morgan fingerprint density at radius 3 is 2.85 bits per heavy atom. The Labute approximate surface area is 77.1 Å². The van der Waals surface area contributed by atoms with Crippen LogP contribution in [-0.4, -0.2) is 0 Å². The van der Waals surface area contributed by atoms with Crippen LogP contribution in [-0.2, 0) is 0 Å². The van der Waals surface area contributed by atoms with Gasteiger partial charge in [0.15, 0.2) is 0 Å². The van der Waals surface area contributed by atoms with Crippen molar-refractivity contribution < 1.29 is 4.39 Å². The number of allylic oxidation sites excluding steroid dienone is 2. The molecule has 13 heavy (non-hydrogen) atoms. The second kappa shape index (κ2) is 3.21. The summed E-state index contributed by atoms with van der Waals surface area (Å²) in [6.45, 7) is 0. The van der Waals surface area contributed by atoms with Gasteiger partial charge in [0.1, 0.15) is 5.82 Å². The highest BCUT2D eigenvalue weighted by Crippen LogP contribution is 2.33. The van der Waals surface area contributed by atoms with Crippen LogP contribution in [0.4, 0.5) is 10.1 Å². The fourth-order valence-corrected chi connectivity index (χ4v) is 1.82. The normalized spacial score (nSPS) is 20.8. The van der Waals surface area contributed by atoms with Crippen molar-refractivity contribution in [3.63, 3.8) is 0 Å². The van der Waals surface area contributed by atoms with E-state index in [4.69, 9.17) is 5.73 Å². The first kappa shape index (κ1) is 8.30. The van der Waals surface area contributed by atoms with E-state index >= 15 is 0 Å². The highest BCUT2D eigenvalue weighted by Gasteiger charge is 2.17. The van der Waals surface area contributed by atoms with Crippen molar-refractivity contribution in [2.24, 2.45) is 0 Å². The maximum Gasteiger partial charge on any atom is 0.129 e. The highest BCUT2D eigenvalue weighted by molar-refractivity contribution is 5.51. The molecule has 0 heterocycles. The van der Waals surface area contributed by atoms with Gasteiger partial charge in [-0.3, -0.25) is 0 Å². The molecule has 0 aliphatic heterocycles. The summed E-state index contributed by atoms with van der Waals surface area (Å²) in [6.07, 6.45) is 6.12. The van der Waals surface area contributed by atoms with Gasteiger partial charge in [-0.1, -0.05) is 18.2 Å². The maximum absolute atomic E-state index is 13.4. The molecule has 0 fully saturated rings. The van der Waals surface area contributed by atoms with Gasteiger partial charge in [0.05, 0.1) is 0 Å². The van der Waals surface area contributed by atoms with Crippen molar-refractivity contribution in [2.75, 3.05) is 5.73 Å². The standard InChI is InChI=1S/C11H12FN/c12-9-6-3-7-10(13)11(9)8-4-1-2-5-8/h1,3-4,6-8H,2,5,13H2. The summed E-state index contributed by atoms with van der Waals surface area (Å²) in [5.74, 6) is -0.00208. The lowest BCUT2D eigenvalue weighted by Gasteiger charge is -2.11. The number of hydrogen-bond donors (Lipinski definition) is 1. The summed E-state index contributed by atoms with van der Waals surface area (Å²) >= 11 is 0. The first-order valence-corrected chi connectivity index (χ1v) is 4.49. The molecule has 1 aliphatic rings. The Kier molecular flexibility index (Phi) is 2.05. The van der Waals surface area contributed by atoms with Crippen molar-refractivity contribution in [1.82, 2.24) is 0 Å². The lowest BCUT2D eigenvalue weighted by molar-refractivity contribution is 0.598. The number of rotatable bonds is 1. The van der Waals surface area contributed by atoms with Gasteiger partial charge in [0.25, 0.3) is 0 Å². The van der Waals surface area contributed by atoms with Gasteiger partial charge in [0.2, 0.25) is 0 Å². The molecule has 0 spiro atoms. The van der Waals surface area contributed by atoms with E-state index in [-0.39, 0.29) is 11.7 Å². The zero-order valence-electron chi connectivity index (χ0n) is 7.33. The predicted octanol–water partition coefficient (Wildman–Crippen LogP) is 2.84. The Morgan fingerprint density at radius 1 is 1.38 bits per heavy atom. The molecule has 0 saturated heterocycles. The third-order valence-corrected chi connectivity index (χ3v) is 2.47. The largest absolute Gasteiger partial charge is 0.398 e. The van der Waals surface area contributed by atoms with Gasteiger partial charge in [-0.25, -0.2) is 4.39 Å². The molecule has 1 aliphatic carbocycles. The van der Waals surface area contributed by atoms with Crippen molar-refractivity contribution in [2.45, 2.75) is 18.8 Å². The Hall–Kier alpha value is -1.31. The van der Waals surface area contributed by atoms with Crippen LogP contribution in [0, 0.1) is 5.82 Å². The molecule has 2 N–H and O–H groups in total. The number of nitrogen functional groups attached to an aromatic ring is 1. The first-order chi connectivity index (χ1) is 6.29. The number of benzene rings is 1. The summed E-state index contributed by atoms with van der Waals surface area (Å²) < 4.78 is 13.4. The fourth-order valence-electron chi connectivity index (χ4n) is 1.82. The van der Waals surface area contributed by atoms with Crippen LogP contribution in [0.5, 0.6) is 0 Å². The van der Waals surface area contributed by atoms with Crippen LogP contribution in [0.1, 0.15) is 24.3 Å². The highest BCUT2D eigenvalue weighted by atomic mass is 19.1. The van der Waals surface area contributed by atoms with Crippen LogP contribution >= 0.6 is 0 Å². The lowest BCUT2D eigenvalue weighted by atomic mass is 9.96. The predicted molar refractivity (Wildman–Crippen MR) is 51.9 cm³/mol. The average Bonchev–Trinajstić information content (AvgIpc) is 2.57. The van der Waals surface area contributed by atoms with Crippen molar-refractivity contribution in [3.8, 4) is 0 Å². The number of halogens is 1. The van der Waals surface area contributed by atoms with E-state index in [1.165, 1.54) is 6.07 Å². The summed E-state index contributed by atoms with van der Waals surface area (Å²) in [5.41, 5.74) is 6.96. The molecule has 2 heteroatoms. The zero-order valence-corrected chi connectivity index (χ0v) is 7.33. The minimum Gasteiger partial charge on any atom is -0.398 e. The summed E-state index contributed by atoms with van der Waals surface area (Å²) in [5, 5.41) is 0. The molecule has 2 rings (SSSR count). The second-order valence-corrected chi connectivity index (χ2v) is 3.35. The van der Waals surface area contributed by atoms with E-state index in [1.807, 2.05) is 6.08 Å². The SMILES string of the molecule is Nc1cccc(F)c1C1C=CCC1. The monoisotopic (exact) mass is 177 g/mol. The molecule has 1 aromatic rings. The topological polar surface area (TPSA) is 26.0 Å². The number of hydrogen-bond acceptors (Lipinski definition) is 1. The van der Waals surface area contributed by atoms with Crippen LogP contribution in [0.15, 0.2) is 30.4 Å². The maximum atomic E-state index is 13.4. The molecular weight excluding hydrogens is 165 g/mol. The molecule has 0 bridgehead atoms. The molecule has 1 unspecified atom stereocenters. The number of nitrogens with two attached hydrogens (primary N) is 1. The average molecular weight is 177 g/mol. The van der Waals surface area contributed by atoms with Crippen molar-refractivity contribution >= 4 is 5.69 Å². The Balaban J connectivity index is 2.43. The Bertz CT molecular complexity index is 324. The van der Waals surface area contributed by atoms with E-state index in [0.717, 1.165) is 12.8 Å². The van der Waals surface area contributed by atoms with E-state index in [0.29, 0.717) is 11.3 Å².